The zero-order valence-electron chi connectivity index (χ0n) is 40.9. The average Bonchev–Trinajstić information content (AvgIpc) is 3.26. The predicted octanol–water partition coefficient (Wildman–Crippen LogP) is 15.5. The summed E-state index contributed by atoms with van der Waals surface area (Å²) in [5, 5.41) is 43.9. The van der Waals surface area contributed by atoms with Gasteiger partial charge in [0, 0.05) is 0 Å². The van der Waals surface area contributed by atoms with Gasteiger partial charge in [-0.3, -0.25) is 4.79 Å². The highest BCUT2D eigenvalue weighted by Gasteiger charge is 2.28. The maximum Gasteiger partial charge on any atom is 0.249 e. The number of aliphatic hydroxyl groups excluding tert-OH is 4. The first kappa shape index (κ1) is 59.8. The summed E-state index contributed by atoms with van der Waals surface area (Å²) >= 11 is 0. The molecule has 0 spiro atoms. The lowest BCUT2D eigenvalue weighted by molar-refractivity contribution is -0.132. The van der Waals surface area contributed by atoms with E-state index in [1.807, 2.05) is 0 Å². The van der Waals surface area contributed by atoms with Gasteiger partial charge in [0.1, 0.15) is 12.2 Å². The molecule has 0 aromatic rings. The first-order valence-corrected chi connectivity index (χ1v) is 27.2. The molecule has 6 heteroatoms. The Bertz CT molecular complexity index is 924. The lowest BCUT2D eigenvalue weighted by Gasteiger charge is -2.27. The number of aliphatic hydroxyl groups is 4. The van der Waals surface area contributed by atoms with Gasteiger partial charge in [0.05, 0.1) is 18.8 Å². The summed E-state index contributed by atoms with van der Waals surface area (Å²) in [6.07, 6.45) is 59.6. The molecule has 0 fully saturated rings. The number of unbranched alkanes of at least 4 members (excludes halogenated alkanes) is 37. The Morgan fingerprint density at radius 2 is 0.672 bits per heavy atom. The van der Waals surface area contributed by atoms with Crippen LogP contribution in [0.5, 0.6) is 0 Å². The Balaban J connectivity index is 3.63. The molecule has 0 saturated carbocycles. The van der Waals surface area contributed by atoms with Crippen LogP contribution < -0.4 is 5.32 Å². The molecule has 0 radical (unpaired) electrons. The second-order valence-corrected chi connectivity index (χ2v) is 18.9. The number of allylic oxidation sites excluding steroid dienone is 4. The van der Waals surface area contributed by atoms with E-state index in [1.54, 1.807) is 0 Å². The normalized spacial score (nSPS) is 14.0. The van der Waals surface area contributed by atoms with E-state index in [0.717, 1.165) is 38.5 Å². The van der Waals surface area contributed by atoms with E-state index in [4.69, 9.17) is 0 Å². The predicted molar refractivity (Wildman–Crippen MR) is 265 cm³/mol. The minimum absolute atomic E-state index is 0.365. The molecule has 6 nitrogen and oxygen atoms in total. The Hall–Kier alpha value is -1.21. The highest BCUT2D eigenvalue weighted by molar-refractivity contribution is 5.80. The van der Waals surface area contributed by atoms with Gasteiger partial charge in [-0.1, -0.05) is 250 Å². The fourth-order valence-electron chi connectivity index (χ4n) is 8.58. The van der Waals surface area contributed by atoms with E-state index in [0.29, 0.717) is 12.8 Å². The van der Waals surface area contributed by atoms with Crippen molar-refractivity contribution in [3.8, 4) is 0 Å². The van der Waals surface area contributed by atoms with Gasteiger partial charge in [0.25, 0.3) is 0 Å². The molecule has 0 heterocycles. The van der Waals surface area contributed by atoms with E-state index in [-0.39, 0.29) is 0 Å². The molecule has 362 valence electrons. The fourth-order valence-corrected chi connectivity index (χ4v) is 8.58. The quantitative estimate of drug-likeness (QED) is 0.0309. The SMILES string of the molecule is CCCCCCCCCCCCCC/C=C\CCCCCCCCCCCCCCC(O)C(=O)NC(CO)C(O)C(O)CCC/C=C/CCCCCCCCCCCCCC. The molecule has 61 heavy (non-hydrogen) atoms. The molecular formula is C55H107NO5. The summed E-state index contributed by atoms with van der Waals surface area (Å²) in [7, 11) is 0. The molecule has 1 amide bonds. The van der Waals surface area contributed by atoms with Crippen LogP contribution in [-0.2, 0) is 4.79 Å². The van der Waals surface area contributed by atoms with Gasteiger partial charge >= 0.3 is 0 Å². The van der Waals surface area contributed by atoms with Crippen LogP contribution >= 0.6 is 0 Å². The summed E-state index contributed by atoms with van der Waals surface area (Å²) in [6.45, 7) is 4.07. The number of nitrogens with one attached hydrogen (secondary N) is 1. The Morgan fingerprint density at radius 1 is 0.393 bits per heavy atom. The van der Waals surface area contributed by atoms with Crippen LogP contribution in [0.2, 0.25) is 0 Å². The minimum atomic E-state index is -1.28. The third-order valence-electron chi connectivity index (χ3n) is 12.9. The number of hydrogen-bond acceptors (Lipinski definition) is 5. The van der Waals surface area contributed by atoms with Crippen LogP contribution in [-0.4, -0.2) is 57.3 Å². The van der Waals surface area contributed by atoms with E-state index < -0.39 is 36.9 Å². The number of rotatable bonds is 50. The standard InChI is InChI=1S/C55H107NO5/c1-3-5-7-9-11-13-15-17-19-21-22-23-24-25-26-27-28-29-30-31-33-35-37-39-41-43-45-47-49-53(59)55(61)56-51(50-57)54(60)52(58)48-46-44-42-40-38-36-34-32-20-18-16-14-12-10-8-6-4-2/h25-26,40,42,51-54,57-60H,3-24,27-39,41,43-50H2,1-2H3,(H,56,61)/b26-25-,42-40+. The number of hydrogen-bond donors (Lipinski definition) is 5. The average molecular weight is 862 g/mol. The maximum atomic E-state index is 12.6. The second-order valence-electron chi connectivity index (χ2n) is 18.9. The van der Waals surface area contributed by atoms with E-state index in [9.17, 15) is 25.2 Å². The van der Waals surface area contributed by atoms with Crippen molar-refractivity contribution in [3.05, 3.63) is 24.3 Å². The third-order valence-corrected chi connectivity index (χ3v) is 12.9. The molecule has 0 bridgehead atoms. The van der Waals surface area contributed by atoms with Gasteiger partial charge in [0.2, 0.25) is 5.91 Å². The molecule has 0 rings (SSSR count). The smallest absolute Gasteiger partial charge is 0.249 e. The first-order valence-electron chi connectivity index (χ1n) is 27.2. The Morgan fingerprint density at radius 3 is 0.984 bits per heavy atom. The summed E-state index contributed by atoms with van der Waals surface area (Å²) in [5.74, 6) is -0.590. The lowest BCUT2D eigenvalue weighted by Crippen LogP contribution is -2.53. The van der Waals surface area contributed by atoms with Crippen molar-refractivity contribution < 1.29 is 25.2 Å². The van der Waals surface area contributed by atoms with Gasteiger partial charge in [-0.05, 0) is 64.2 Å². The lowest BCUT2D eigenvalue weighted by atomic mass is 10.00. The van der Waals surface area contributed by atoms with E-state index >= 15 is 0 Å². The third kappa shape index (κ3) is 43.8. The van der Waals surface area contributed by atoms with Crippen LogP contribution in [0, 0.1) is 0 Å². The largest absolute Gasteiger partial charge is 0.394 e. The van der Waals surface area contributed by atoms with Gasteiger partial charge in [-0.15, -0.1) is 0 Å². The van der Waals surface area contributed by atoms with E-state index in [2.05, 4.69) is 43.5 Å². The van der Waals surface area contributed by atoms with Gasteiger partial charge in [0.15, 0.2) is 0 Å². The zero-order valence-corrected chi connectivity index (χ0v) is 40.9. The van der Waals surface area contributed by atoms with Gasteiger partial charge < -0.3 is 25.7 Å². The van der Waals surface area contributed by atoms with Crippen molar-refractivity contribution in [2.24, 2.45) is 0 Å². The fraction of sp³-hybridized carbons (Fsp3) is 0.909. The summed E-state index contributed by atoms with van der Waals surface area (Å²) in [4.78, 5) is 12.6. The Kier molecular flexibility index (Phi) is 48.8. The molecule has 0 aromatic heterocycles. The van der Waals surface area contributed by atoms with Crippen molar-refractivity contribution in [2.45, 2.75) is 314 Å². The summed E-state index contributed by atoms with van der Waals surface area (Å²) in [6, 6.07) is -1.00. The number of carbonyl (C=O) groups excluding carboxylic acids is 1. The van der Waals surface area contributed by atoms with Crippen molar-refractivity contribution in [1.82, 2.24) is 5.32 Å². The van der Waals surface area contributed by atoms with Crippen LogP contribution in [0.15, 0.2) is 24.3 Å². The molecule has 0 aliphatic rings. The van der Waals surface area contributed by atoms with Gasteiger partial charge in [-0.25, -0.2) is 0 Å². The topological polar surface area (TPSA) is 110 Å². The first-order chi connectivity index (χ1) is 30.0. The second kappa shape index (κ2) is 49.8. The molecule has 0 aliphatic heterocycles. The van der Waals surface area contributed by atoms with Crippen LogP contribution in [0.4, 0.5) is 0 Å². The zero-order chi connectivity index (χ0) is 44.5. The van der Waals surface area contributed by atoms with Gasteiger partial charge in [-0.2, -0.15) is 0 Å². The molecular weight excluding hydrogens is 755 g/mol. The highest BCUT2D eigenvalue weighted by Crippen LogP contribution is 2.17. The highest BCUT2D eigenvalue weighted by atomic mass is 16.3. The van der Waals surface area contributed by atoms with Crippen molar-refractivity contribution in [3.63, 3.8) is 0 Å². The molecule has 5 N–H and O–H groups in total. The molecule has 0 saturated heterocycles. The molecule has 0 aliphatic carbocycles. The number of amides is 1. The van der Waals surface area contributed by atoms with Crippen LogP contribution in [0.3, 0.4) is 0 Å². The van der Waals surface area contributed by atoms with Crippen molar-refractivity contribution in [1.29, 1.82) is 0 Å². The summed E-state index contributed by atoms with van der Waals surface area (Å²) < 4.78 is 0. The molecule has 4 unspecified atom stereocenters. The van der Waals surface area contributed by atoms with Crippen molar-refractivity contribution >= 4 is 5.91 Å². The van der Waals surface area contributed by atoms with Crippen LogP contribution in [0.25, 0.3) is 0 Å². The van der Waals surface area contributed by atoms with E-state index in [1.165, 1.54) is 225 Å². The maximum absolute atomic E-state index is 12.6. The monoisotopic (exact) mass is 862 g/mol. The summed E-state index contributed by atoms with van der Waals surface area (Å²) in [5.41, 5.74) is 0. The van der Waals surface area contributed by atoms with Crippen LogP contribution in [0.1, 0.15) is 290 Å². The number of carbonyl (C=O) groups is 1. The molecule has 0 aromatic carbocycles. The Labute approximate surface area is 380 Å². The molecule has 4 atom stereocenters. The minimum Gasteiger partial charge on any atom is -0.394 e. The van der Waals surface area contributed by atoms with Crippen molar-refractivity contribution in [2.75, 3.05) is 6.61 Å².